The Morgan fingerprint density at radius 2 is 1.80 bits per heavy atom. The van der Waals surface area contributed by atoms with E-state index in [1.165, 1.54) is 22.3 Å². The molecule has 1 heterocycles. The smallest absolute Gasteiger partial charge is 0.0349 e. The molecule has 0 amide bonds. The fraction of sp³-hybridized carbons (Fsp3) is 0.214. The van der Waals surface area contributed by atoms with E-state index in [-0.39, 0.29) is 0 Å². The third-order valence-corrected chi connectivity index (χ3v) is 2.71. The molecule has 0 atom stereocenters. The van der Waals surface area contributed by atoms with Crippen LogP contribution in [-0.4, -0.2) is 4.98 Å². The van der Waals surface area contributed by atoms with Gasteiger partial charge in [-0.05, 0) is 36.1 Å². The Hall–Kier alpha value is -1.63. The van der Waals surface area contributed by atoms with Gasteiger partial charge in [0.15, 0.2) is 0 Å². The van der Waals surface area contributed by atoms with Crippen LogP contribution in [0.2, 0.25) is 0 Å². The lowest BCUT2D eigenvalue weighted by molar-refractivity contribution is 1.14. The Bertz CT molecular complexity index is 443. The van der Waals surface area contributed by atoms with Gasteiger partial charge < -0.3 is 0 Å². The van der Waals surface area contributed by atoms with Crippen LogP contribution in [0.4, 0.5) is 0 Å². The first kappa shape index (κ1) is 9.91. The molecule has 76 valence electrons. The quantitative estimate of drug-likeness (QED) is 0.716. The van der Waals surface area contributed by atoms with Gasteiger partial charge in [-0.15, -0.1) is 0 Å². The van der Waals surface area contributed by atoms with Gasteiger partial charge in [0, 0.05) is 18.0 Å². The SMILES string of the molecule is CCc1ccc(-c2cnccc2C)cc1. The highest BCUT2D eigenvalue weighted by atomic mass is 14.6. The van der Waals surface area contributed by atoms with Crippen LogP contribution >= 0.6 is 0 Å². The summed E-state index contributed by atoms with van der Waals surface area (Å²) in [5, 5.41) is 0. The zero-order valence-electron chi connectivity index (χ0n) is 9.20. The summed E-state index contributed by atoms with van der Waals surface area (Å²) in [6.07, 6.45) is 4.85. The normalized spacial score (nSPS) is 10.3. The van der Waals surface area contributed by atoms with Gasteiger partial charge in [-0.1, -0.05) is 31.2 Å². The maximum Gasteiger partial charge on any atom is 0.0349 e. The number of aryl methyl sites for hydroxylation is 2. The van der Waals surface area contributed by atoms with Crippen LogP contribution in [0.15, 0.2) is 42.7 Å². The summed E-state index contributed by atoms with van der Waals surface area (Å²) in [6.45, 7) is 4.29. The van der Waals surface area contributed by atoms with E-state index >= 15 is 0 Å². The van der Waals surface area contributed by atoms with Crippen LogP contribution in [0.5, 0.6) is 0 Å². The molecule has 0 radical (unpaired) electrons. The molecule has 1 aromatic carbocycles. The van der Waals surface area contributed by atoms with Gasteiger partial charge in [0.1, 0.15) is 0 Å². The number of aromatic nitrogens is 1. The molecule has 15 heavy (non-hydrogen) atoms. The average Bonchev–Trinajstić information content (AvgIpc) is 2.30. The lowest BCUT2D eigenvalue weighted by atomic mass is 10.0. The number of benzene rings is 1. The molecule has 0 aliphatic rings. The van der Waals surface area contributed by atoms with E-state index in [4.69, 9.17) is 0 Å². The highest BCUT2D eigenvalue weighted by Crippen LogP contribution is 2.22. The lowest BCUT2D eigenvalue weighted by Gasteiger charge is -2.05. The van der Waals surface area contributed by atoms with Gasteiger partial charge in [0.25, 0.3) is 0 Å². The maximum absolute atomic E-state index is 4.16. The highest BCUT2D eigenvalue weighted by molar-refractivity contribution is 5.66. The number of hydrogen-bond donors (Lipinski definition) is 0. The second-order valence-electron chi connectivity index (χ2n) is 3.74. The summed E-state index contributed by atoms with van der Waals surface area (Å²) in [4.78, 5) is 4.16. The van der Waals surface area contributed by atoms with E-state index in [2.05, 4.69) is 43.1 Å². The summed E-state index contributed by atoms with van der Waals surface area (Å²) in [6, 6.07) is 10.7. The lowest BCUT2D eigenvalue weighted by Crippen LogP contribution is -1.85. The molecule has 1 aromatic heterocycles. The van der Waals surface area contributed by atoms with Crippen molar-refractivity contribution in [3.8, 4) is 11.1 Å². The van der Waals surface area contributed by atoms with Crippen LogP contribution in [0, 0.1) is 6.92 Å². The van der Waals surface area contributed by atoms with Crippen LogP contribution in [0.1, 0.15) is 18.1 Å². The molecule has 0 unspecified atom stereocenters. The predicted molar refractivity (Wildman–Crippen MR) is 63.8 cm³/mol. The fourth-order valence-electron chi connectivity index (χ4n) is 1.69. The molecular weight excluding hydrogens is 182 g/mol. The van der Waals surface area contributed by atoms with Crippen molar-refractivity contribution in [3.63, 3.8) is 0 Å². The van der Waals surface area contributed by atoms with E-state index in [0.29, 0.717) is 0 Å². The van der Waals surface area contributed by atoms with E-state index in [1.54, 1.807) is 0 Å². The molecule has 1 nitrogen and oxygen atoms in total. The van der Waals surface area contributed by atoms with Gasteiger partial charge in [0.05, 0.1) is 0 Å². The molecule has 0 N–H and O–H groups in total. The van der Waals surface area contributed by atoms with Crippen molar-refractivity contribution in [2.45, 2.75) is 20.3 Å². The van der Waals surface area contributed by atoms with Crippen molar-refractivity contribution >= 4 is 0 Å². The molecular formula is C14H15N. The van der Waals surface area contributed by atoms with E-state index < -0.39 is 0 Å². The molecule has 0 bridgehead atoms. The molecule has 1 heteroatoms. The first-order valence-electron chi connectivity index (χ1n) is 5.31. The zero-order valence-corrected chi connectivity index (χ0v) is 9.20. The molecule has 0 saturated carbocycles. The van der Waals surface area contributed by atoms with Crippen molar-refractivity contribution in [3.05, 3.63) is 53.9 Å². The first-order valence-corrected chi connectivity index (χ1v) is 5.31. The average molecular weight is 197 g/mol. The predicted octanol–water partition coefficient (Wildman–Crippen LogP) is 3.62. The standard InChI is InChI=1S/C14H15N/c1-3-12-4-6-13(7-5-12)14-10-15-9-8-11(14)2/h4-10H,3H2,1-2H3. The van der Waals surface area contributed by atoms with Crippen molar-refractivity contribution in [1.29, 1.82) is 0 Å². The number of pyridine rings is 1. The fourth-order valence-corrected chi connectivity index (χ4v) is 1.69. The van der Waals surface area contributed by atoms with Crippen molar-refractivity contribution in [1.82, 2.24) is 4.98 Å². The number of hydrogen-bond acceptors (Lipinski definition) is 1. The molecule has 0 fully saturated rings. The Labute approximate surface area is 90.8 Å². The summed E-state index contributed by atoms with van der Waals surface area (Å²) in [7, 11) is 0. The molecule has 0 saturated heterocycles. The van der Waals surface area contributed by atoms with E-state index in [0.717, 1.165) is 6.42 Å². The van der Waals surface area contributed by atoms with Crippen LogP contribution in [-0.2, 0) is 6.42 Å². The molecule has 0 aliphatic heterocycles. The van der Waals surface area contributed by atoms with E-state index in [1.807, 2.05) is 18.5 Å². The molecule has 2 rings (SSSR count). The Balaban J connectivity index is 2.42. The minimum atomic E-state index is 1.09. The van der Waals surface area contributed by atoms with Crippen molar-refractivity contribution < 1.29 is 0 Å². The molecule has 2 aromatic rings. The third-order valence-electron chi connectivity index (χ3n) is 2.71. The van der Waals surface area contributed by atoms with Crippen molar-refractivity contribution in [2.24, 2.45) is 0 Å². The van der Waals surface area contributed by atoms with Gasteiger partial charge in [-0.3, -0.25) is 4.98 Å². The molecule has 0 aliphatic carbocycles. The van der Waals surface area contributed by atoms with Crippen LogP contribution in [0.3, 0.4) is 0 Å². The number of nitrogens with zero attached hydrogens (tertiary/aromatic N) is 1. The number of rotatable bonds is 2. The maximum atomic E-state index is 4.16. The van der Waals surface area contributed by atoms with Gasteiger partial charge in [-0.25, -0.2) is 0 Å². The third kappa shape index (κ3) is 2.07. The second-order valence-corrected chi connectivity index (χ2v) is 3.74. The Kier molecular flexibility index (Phi) is 2.82. The first-order chi connectivity index (χ1) is 7.31. The Morgan fingerprint density at radius 1 is 1.07 bits per heavy atom. The second kappa shape index (κ2) is 4.26. The Morgan fingerprint density at radius 3 is 2.40 bits per heavy atom. The monoisotopic (exact) mass is 197 g/mol. The summed E-state index contributed by atoms with van der Waals surface area (Å²) in [5.74, 6) is 0. The van der Waals surface area contributed by atoms with Gasteiger partial charge >= 0.3 is 0 Å². The van der Waals surface area contributed by atoms with Crippen LogP contribution in [0.25, 0.3) is 11.1 Å². The van der Waals surface area contributed by atoms with E-state index in [9.17, 15) is 0 Å². The molecule has 0 spiro atoms. The van der Waals surface area contributed by atoms with Crippen LogP contribution < -0.4 is 0 Å². The largest absolute Gasteiger partial charge is 0.264 e. The van der Waals surface area contributed by atoms with Gasteiger partial charge in [0.2, 0.25) is 0 Å². The van der Waals surface area contributed by atoms with Crippen molar-refractivity contribution in [2.75, 3.05) is 0 Å². The minimum Gasteiger partial charge on any atom is -0.264 e. The summed E-state index contributed by atoms with van der Waals surface area (Å²) in [5.41, 5.74) is 5.12. The topological polar surface area (TPSA) is 12.9 Å². The minimum absolute atomic E-state index is 1.09. The zero-order chi connectivity index (χ0) is 10.7. The summed E-state index contributed by atoms with van der Waals surface area (Å²) >= 11 is 0. The highest BCUT2D eigenvalue weighted by Gasteiger charge is 2.00. The van der Waals surface area contributed by atoms with Gasteiger partial charge in [-0.2, -0.15) is 0 Å². The summed E-state index contributed by atoms with van der Waals surface area (Å²) < 4.78 is 0.